The maximum Gasteiger partial charge on any atom is 0.341 e. The number of piperazine rings is 1. The molecule has 1 unspecified atom stereocenters. The van der Waals surface area contributed by atoms with E-state index >= 15 is 4.39 Å². The first-order valence-electron chi connectivity index (χ1n) is 15.0. The van der Waals surface area contributed by atoms with Gasteiger partial charge in [0, 0.05) is 54.7 Å². The van der Waals surface area contributed by atoms with Crippen molar-refractivity contribution < 1.29 is 47.4 Å². The van der Waals surface area contributed by atoms with Crippen LogP contribution in [0.15, 0.2) is 61.0 Å². The fraction of sp³-hybridized carbons (Fsp3) is 0.387. The number of allylic oxidation sites excluding steroid dienone is 1. The van der Waals surface area contributed by atoms with Crippen LogP contribution in [0.5, 0.6) is 5.75 Å². The molecule has 3 aliphatic rings. The van der Waals surface area contributed by atoms with Crippen molar-refractivity contribution in [2.75, 3.05) is 48.5 Å². The molecule has 1 amide bonds. The average Bonchev–Trinajstić information content (AvgIpc) is 3.84. The molecule has 1 aliphatic carbocycles. The number of carbonyl (C=O) groups is 1. The number of carbonyl (C=O) groups excluding carboxylic acids is 1. The molecule has 0 radical (unpaired) electrons. The van der Waals surface area contributed by atoms with E-state index in [0.717, 1.165) is 25.1 Å². The summed E-state index contributed by atoms with van der Waals surface area (Å²) in [5.74, 6) is -0.361. The monoisotopic (exact) mass is 692 g/mol. The van der Waals surface area contributed by atoms with Crippen LogP contribution in [-0.2, 0) is 25.1 Å². The van der Waals surface area contributed by atoms with E-state index in [0.29, 0.717) is 46.9 Å². The topological polar surface area (TPSA) is 181 Å². The van der Waals surface area contributed by atoms with Crippen LogP contribution in [0, 0.1) is 5.82 Å². The van der Waals surface area contributed by atoms with Gasteiger partial charge in [-0.15, -0.1) is 0 Å². The zero-order chi connectivity index (χ0) is 34.3. The van der Waals surface area contributed by atoms with Crippen LogP contribution < -0.4 is 25.2 Å². The molecule has 254 valence electrons. The van der Waals surface area contributed by atoms with E-state index in [1.54, 1.807) is 0 Å². The highest BCUT2D eigenvalue weighted by molar-refractivity contribution is 7.70. The van der Waals surface area contributed by atoms with Crippen molar-refractivity contribution in [1.82, 2.24) is 5.32 Å². The molecular weight excluding hydrogens is 653 g/mol. The van der Waals surface area contributed by atoms with Crippen molar-refractivity contribution in [3.63, 3.8) is 0 Å². The molecule has 1 saturated carbocycles. The van der Waals surface area contributed by atoms with Crippen LogP contribution in [0.3, 0.4) is 0 Å². The second-order valence-electron chi connectivity index (χ2n) is 11.9. The Kier molecular flexibility index (Phi) is 10.1. The quantitative estimate of drug-likeness (QED) is 0.140. The van der Waals surface area contributed by atoms with Gasteiger partial charge in [-0.25, -0.2) is 4.39 Å². The normalized spacial score (nSPS) is 18.5. The van der Waals surface area contributed by atoms with Crippen molar-refractivity contribution in [3.8, 4) is 5.75 Å². The number of hydrogen-bond donors (Lipinski definition) is 6. The third-order valence-electron chi connectivity index (χ3n) is 8.30. The second-order valence-corrected chi connectivity index (χ2v) is 15.9. The largest absolute Gasteiger partial charge is 0.492 e. The molecule has 2 heterocycles. The maximum absolute atomic E-state index is 15.8. The third-order valence-corrected chi connectivity index (χ3v) is 12.0. The Labute approximate surface area is 272 Å². The molecular formula is C31H39FN4O9P2. The molecule has 0 spiro atoms. The summed E-state index contributed by atoms with van der Waals surface area (Å²) in [5.41, 5.74) is 3.26. The van der Waals surface area contributed by atoms with Gasteiger partial charge in [-0.1, -0.05) is 25.3 Å². The van der Waals surface area contributed by atoms with Gasteiger partial charge in [0.15, 0.2) is 23.6 Å². The molecule has 5 rings (SSSR count). The van der Waals surface area contributed by atoms with E-state index in [-0.39, 0.29) is 23.4 Å². The first kappa shape index (κ1) is 34.8. The first-order chi connectivity index (χ1) is 22.1. The van der Waals surface area contributed by atoms with Gasteiger partial charge in [-0.05, 0) is 55.5 Å². The number of halogens is 1. The van der Waals surface area contributed by atoms with Crippen LogP contribution in [0.2, 0.25) is 0 Å². The Balaban J connectivity index is 1.28. The molecule has 2 aliphatic heterocycles. The van der Waals surface area contributed by atoms with Crippen molar-refractivity contribution in [2.24, 2.45) is 0 Å². The summed E-state index contributed by atoms with van der Waals surface area (Å²) in [4.78, 5) is 54.2. The Bertz CT molecular complexity index is 1680. The SMILES string of the molecule is C=C(OCC(=O)Nc1ccc(CC(P(=O)(O)O)P(=O)(O)O)cc1)C1=CN(C2CC2)c2c(cc(F)c(N3CCNC(C)C3)c2OC)C1=C. The van der Waals surface area contributed by atoms with Gasteiger partial charge in [0.05, 0.1) is 12.8 Å². The number of rotatable bonds is 12. The molecule has 13 nitrogen and oxygen atoms in total. The number of amides is 1. The molecule has 6 N–H and O–H groups in total. The van der Waals surface area contributed by atoms with Gasteiger partial charge >= 0.3 is 15.2 Å². The van der Waals surface area contributed by atoms with Gasteiger partial charge in [0.1, 0.15) is 11.4 Å². The highest BCUT2D eigenvalue weighted by Crippen LogP contribution is 2.61. The van der Waals surface area contributed by atoms with Crippen molar-refractivity contribution in [3.05, 3.63) is 78.0 Å². The van der Waals surface area contributed by atoms with Crippen LogP contribution in [0.25, 0.3) is 5.57 Å². The summed E-state index contributed by atoms with van der Waals surface area (Å²) < 4.78 is 50.6. The Hall–Kier alpha value is -3.48. The van der Waals surface area contributed by atoms with Gasteiger partial charge in [0.2, 0.25) is 0 Å². The summed E-state index contributed by atoms with van der Waals surface area (Å²) in [6.07, 6.45) is 3.17. The molecule has 0 aromatic heterocycles. The standard InChI is InChI=1S/C31H39FN4O9P2/c1-18-15-35(12-11-33-18)30-26(32)14-24-19(2)25(16-36(23-9-10-23)29(24)31(30)44-4)20(3)45-17-27(37)34-22-7-5-21(6-8-22)13-28(46(38,39)40)47(41,42)43/h5-8,14,16,18,23,28,33H,2-3,9-13,15,17H2,1,4H3,(H,34,37)(H2,38,39,40)(H2,41,42,43). The summed E-state index contributed by atoms with van der Waals surface area (Å²) in [6.45, 7) is 11.8. The smallest absolute Gasteiger partial charge is 0.341 e. The molecule has 1 saturated heterocycles. The summed E-state index contributed by atoms with van der Waals surface area (Å²) in [7, 11) is -8.61. The molecule has 16 heteroatoms. The minimum absolute atomic E-state index is 0.164. The molecule has 2 fully saturated rings. The maximum atomic E-state index is 15.8. The lowest BCUT2D eigenvalue weighted by Crippen LogP contribution is -2.49. The minimum atomic E-state index is -5.07. The van der Waals surface area contributed by atoms with E-state index in [1.165, 1.54) is 37.4 Å². The van der Waals surface area contributed by atoms with E-state index < -0.39 is 45.3 Å². The number of fused-ring (bicyclic) bond motifs is 1. The molecule has 0 bridgehead atoms. The lowest BCUT2D eigenvalue weighted by Gasteiger charge is -2.38. The Morgan fingerprint density at radius 3 is 2.38 bits per heavy atom. The van der Waals surface area contributed by atoms with E-state index in [4.69, 9.17) is 9.47 Å². The fourth-order valence-corrected chi connectivity index (χ4v) is 8.28. The summed E-state index contributed by atoms with van der Waals surface area (Å²) in [5, 5.41) is 3.83. The van der Waals surface area contributed by atoms with Gasteiger partial charge in [0.25, 0.3) is 5.91 Å². The lowest BCUT2D eigenvalue weighted by molar-refractivity contribution is -0.119. The fourth-order valence-electron chi connectivity index (χ4n) is 5.82. The number of nitrogens with one attached hydrogen (secondary N) is 2. The molecule has 2 aromatic carbocycles. The highest BCUT2D eigenvalue weighted by Gasteiger charge is 2.43. The number of nitrogens with zero attached hydrogens (tertiary/aromatic N) is 2. The zero-order valence-electron chi connectivity index (χ0n) is 26.1. The van der Waals surface area contributed by atoms with Gasteiger partial charge in [-0.3, -0.25) is 13.9 Å². The average molecular weight is 693 g/mol. The van der Waals surface area contributed by atoms with Crippen LogP contribution >= 0.6 is 15.2 Å². The van der Waals surface area contributed by atoms with Crippen molar-refractivity contribution in [1.29, 1.82) is 0 Å². The van der Waals surface area contributed by atoms with Crippen LogP contribution in [0.4, 0.5) is 21.5 Å². The third kappa shape index (κ3) is 7.81. The predicted octanol–water partition coefficient (Wildman–Crippen LogP) is 3.90. The van der Waals surface area contributed by atoms with E-state index in [9.17, 15) is 33.5 Å². The summed E-state index contributed by atoms with van der Waals surface area (Å²) >= 11 is 0. The highest BCUT2D eigenvalue weighted by atomic mass is 31.2. The Morgan fingerprint density at radius 1 is 1.15 bits per heavy atom. The van der Waals surface area contributed by atoms with Gasteiger partial charge < -0.3 is 49.5 Å². The van der Waals surface area contributed by atoms with Crippen molar-refractivity contribution >= 4 is 43.7 Å². The van der Waals surface area contributed by atoms with E-state index in [2.05, 4.69) is 30.7 Å². The minimum Gasteiger partial charge on any atom is -0.492 e. The molecule has 47 heavy (non-hydrogen) atoms. The predicted molar refractivity (Wildman–Crippen MR) is 177 cm³/mol. The van der Waals surface area contributed by atoms with Crippen LogP contribution in [-0.4, -0.2) is 76.3 Å². The summed E-state index contributed by atoms with van der Waals surface area (Å²) in [6, 6.07) is 7.49. The first-order valence-corrected chi connectivity index (χ1v) is 18.3. The number of hydrogen-bond acceptors (Lipinski definition) is 8. The number of anilines is 3. The van der Waals surface area contributed by atoms with E-state index in [1.807, 2.05) is 16.0 Å². The zero-order valence-corrected chi connectivity index (χ0v) is 27.8. The Morgan fingerprint density at radius 2 is 1.81 bits per heavy atom. The number of ether oxygens (including phenoxy) is 2. The number of methoxy groups -OCH3 is 1. The van der Waals surface area contributed by atoms with Crippen LogP contribution in [0.1, 0.15) is 30.9 Å². The second kappa shape index (κ2) is 13.6. The van der Waals surface area contributed by atoms with Gasteiger partial charge in [-0.2, -0.15) is 0 Å². The number of benzene rings is 2. The lowest BCUT2D eigenvalue weighted by atomic mass is 9.92. The van der Waals surface area contributed by atoms with Crippen molar-refractivity contribution in [2.45, 2.75) is 43.7 Å². The molecule has 1 atom stereocenters. The molecule has 2 aromatic rings.